The highest BCUT2D eigenvalue weighted by Gasteiger charge is 2.09. The summed E-state index contributed by atoms with van der Waals surface area (Å²) in [5.41, 5.74) is 1.18. The molecule has 2 N–H and O–H groups in total. The molecule has 0 unspecified atom stereocenters. The van der Waals surface area contributed by atoms with Crippen LogP contribution < -0.4 is 15.4 Å². The fourth-order valence-electron chi connectivity index (χ4n) is 1.73. The number of benzene rings is 1. The van der Waals surface area contributed by atoms with E-state index in [1.54, 1.807) is 4.90 Å². The maximum Gasteiger partial charge on any atom is 0.321 e. The highest BCUT2D eigenvalue weighted by molar-refractivity contribution is 5.95. The van der Waals surface area contributed by atoms with Gasteiger partial charge in [0.25, 0.3) is 0 Å². The van der Waals surface area contributed by atoms with Gasteiger partial charge in [0.1, 0.15) is 12.4 Å². The molecule has 0 aliphatic carbocycles. The van der Waals surface area contributed by atoms with Crippen LogP contribution in [0.25, 0.3) is 0 Å². The Morgan fingerprint density at radius 2 is 1.91 bits per heavy atom. The molecule has 0 aromatic heterocycles. The molecule has 0 aliphatic rings. The first-order valence-corrected chi connectivity index (χ1v) is 7.47. The normalized spacial score (nSPS) is 10.4. The third kappa shape index (κ3) is 7.64. The molecular formula is C16H25N3O3. The molecule has 6 heteroatoms. The number of nitrogens with one attached hydrogen (secondary N) is 2. The van der Waals surface area contributed by atoms with E-state index in [-0.39, 0.29) is 12.5 Å². The fraction of sp³-hybridized carbons (Fsp3) is 0.500. The number of amides is 3. The molecule has 122 valence electrons. The van der Waals surface area contributed by atoms with Crippen LogP contribution in [0.4, 0.5) is 4.79 Å². The summed E-state index contributed by atoms with van der Waals surface area (Å²) in [5.74, 6) is 0.480. The third-order valence-electron chi connectivity index (χ3n) is 2.96. The molecule has 22 heavy (non-hydrogen) atoms. The zero-order valence-electron chi connectivity index (χ0n) is 13.5. The Morgan fingerprint density at radius 3 is 2.55 bits per heavy atom. The topological polar surface area (TPSA) is 70.7 Å². The standard InChI is InChI=1S/C16H25N3O3/c1-4-9-17-16(21)18-15(20)12-19(3)10-11-22-14-7-5-13(2)6-8-14/h5-8H,4,9-12H2,1-3H3,(H2,17,18,20,21). The molecule has 3 amide bonds. The van der Waals surface area contributed by atoms with Crippen molar-refractivity contribution in [2.45, 2.75) is 20.3 Å². The van der Waals surface area contributed by atoms with E-state index in [1.165, 1.54) is 5.56 Å². The first kappa shape index (κ1) is 18.0. The predicted octanol–water partition coefficient (Wildman–Crippen LogP) is 1.54. The van der Waals surface area contributed by atoms with Gasteiger partial charge in [-0.1, -0.05) is 24.6 Å². The van der Waals surface area contributed by atoms with E-state index in [2.05, 4.69) is 10.6 Å². The number of urea groups is 1. The highest BCUT2D eigenvalue weighted by Crippen LogP contribution is 2.10. The van der Waals surface area contributed by atoms with Crippen molar-refractivity contribution in [3.8, 4) is 5.75 Å². The van der Waals surface area contributed by atoms with Gasteiger partial charge in [-0.25, -0.2) is 4.79 Å². The molecule has 1 aromatic rings. The number of hydrogen-bond donors (Lipinski definition) is 2. The first-order chi connectivity index (χ1) is 10.5. The van der Waals surface area contributed by atoms with E-state index >= 15 is 0 Å². The summed E-state index contributed by atoms with van der Waals surface area (Å²) in [6.45, 7) is 5.75. The van der Waals surface area contributed by atoms with Crippen LogP contribution in [0.1, 0.15) is 18.9 Å². The SMILES string of the molecule is CCCNC(=O)NC(=O)CN(C)CCOc1ccc(C)cc1. The summed E-state index contributed by atoms with van der Waals surface area (Å²) in [6, 6.07) is 7.36. The van der Waals surface area contributed by atoms with Crippen molar-refractivity contribution in [3.05, 3.63) is 29.8 Å². The Balaban J connectivity index is 2.19. The van der Waals surface area contributed by atoms with Gasteiger partial charge in [0.15, 0.2) is 0 Å². The van der Waals surface area contributed by atoms with Crippen molar-refractivity contribution in [2.75, 3.05) is 33.3 Å². The van der Waals surface area contributed by atoms with Gasteiger partial charge in [-0.15, -0.1) is 0 Å². The monoisotopic (exact) mass is 307 g/mol. The first-order valence-electron chi connectivity index (χ1n) is 7.47. The molecule has 0 saturated carbocycles. The number of aryl methyl sites for hydroxylation is 1. The molecule has 0 atom stereocenters. The van der Waals surface area contributed by atoms with Crippen molar-refractivity contribution < 1.29 is 14.3 Å². The minimum atomic E-state index is -0.448. The van der Waals surface area contributed by atoms with Gasteiger partial charge in [-0.05, 0) is 32.5 Å². The van der Waals surface area contributed by atoms with Gasteiger partial charge >= 0.3 is 6.03 Å². The zero-order valence-corrected chi connectivity index (χ0v) is 13.5. The van der Waals surface area contributed by atoms with E-state index in [0.717, 1.165) is 12.2 Å². The number of carbonyl (C=O) groups is 2. The number of nitrogens with zero attached hydrogens (tertiary/aromatic N) is 1. The lowest BCUT2D eigenvalue weighted by Gasteiger charge is -2.16. The van der Waals surface area contributed by atoms with Crippen LogP contribution in [0.2, 0.25) is 0 Å². The van der Waals surface area contributed by atoms with E-state index in [4.69, 9.17) is 4.74 Å². The quantitative estimate of drug-likeness (QED) is 0.764. The van der Waals surface area contributed by atoms with Gasteiger partial charge in [0, 0.05) is 13.1 Å². The van der Waals surface area contributed by atoms with Crippen LogP contribution in [-0.4, -0.2) is 50.1 Å². The maximum absolute atomic E-state index is 11.6. The smallest absolute Gasteiger partial charge is 0.321 e. The lowest BCUT2D eigenvalue weighted by molar-refractivity contribution is -0.120. The predicted molar refractivity (Wildman–Crippen MR) is 86.0 cm³/mol. The second-order valence-corrected chi connectivity index (χ2v) is 5.20. The lowest BCUT2D eigenvalue weighted by Crippen LogP contribution is -2.44. The molecule has 0 bridgehead atoms. The van der Waals surface area contributed by atoms with Crippen molar-refractivity contribution >= 4 is 11.9 Å². The van der Waals surface area contributed by atoms with E-state index in [0.29, 0.717) is 19.7 Å². The van der Waals surface area contributed by atoms with Crippen molar-refractivity contribution in [1.82, 2.24) is 15.5 Å². The Morgan fingerprint density at radius 1 is 1.23 bits per heavy atom. The molecule has 0 fully saturated rings. The van der Waals surface area contributed by atoms with E-state index < -0.39 is 6.03 Å². The molecule has 0 aliphatic heterocycles. The van der Waals surface area contributed by atoms with Gasteiger partial charge in [0.2, 0.25) is 5.91 Å². The second kappa shape index (κ2) is 9.78. The summed E-state index contributed by atoms with van der Waals surface area (Å²) >= 11 is 0. The van der Waals surface area contributed by atoms with Crippen LogP contribution in [0.15, 0.2) is 24.3 Å². The Kier molecular flexibility index (Phi) is 7.99. The van der Waals surface area contributed by atoms with E-state index in [9.17, 15) is 9.59 Å². The number of rotatable bonds is 8. The van der Waals surface area contributed by atoms with Crippen LogP contribution in [0.3, 0.4) is 0 Å². The number of likely N-dealkylation sites (N-methyl/N-ethyl adjacent to an activating group) is 1. The average molecular weight is 307 g/mol. The lowest BCUT2D eigenvalue weighted by atomic mass is 10.2. The summed E-state index contributed by atoms with van der Waals surface area (Å²) in [6.07, 6.45) is 0.831. The molecular weight excluding hydrogens is 282 g/mol. The summed E-state index contributed by atoms with van der Waals surface area (Å²) < 4.78 is 5.59. The molecule has 1 aromatic carbocycles. The summed E-state index contributed by atoms with van der Waals surface area (Å²) in [5, 5.41) is 4.88. The molecule has 0 spiro atoms. The number of hydrogen-bond acceptors (Lipinski definition) is 4. The van der Waals surface area contributed by atoms with Crippen molar-refractivity contribution in [2.24, 2.45) is 0 Å². The average Bonchev–Trinajstić information content (AvgIpc) is 2.47. The van der Waals surface area contributed by atoms with E-state index in [1.807, 2.05) is 45.2 Å². The molecule has 0 heterocycles. The number of carbonyl (C=O) groups excluding carboxylic acids is 2. The third-order valence-corrected chi connectivity index (χ3v) is 2.96. The van der Waals surface area contributed by atoms with Crippen LogP contribution in [-0.2, 0) is 4.79 Å². The molecule has 1 rings (SSSR count). The van der Waals surface area contributed by atoms with Crippen molar-refractivity contribution in [3.63, 3.8) is 0 Å². The highest BCUT2D eigenvalue weighted by atomic mass is 16.5. The van der Waals surface area contributed by atoms with Gasteiger partial charge in [-0.2, -0.15) is 0 Å². The largest absolute Gasteiger partial charge is 0.492 e. The summed E-state index contributed by atoms with van der Waals surface area (Å²) in [4.78, 5) is 24.8. The van der Waals surface area contributed by atoms with Gasteiger partial charge in [0.05, 0.1) is 6.54 Å². The number of ether oxygens (including phenoxy) is 1. The Labute approximate surface area is 131 Å². The zero-order chi connectivity index (χ0) is 16.4. The minimum Gasteiger partial charge on any atom is -0.492 e. The molecule has 6 nitrogen and oxygen atoms in total. The second-order valence-electron chi connectivity index (χ2n) is 5.20. The number of imide groups is 1. The molecule has 0 radical (unpaired) electrons. The Bertz CT molecular complexity index is 474. The Hall–Kier alpha value is -2.08. The van der Waals surface area contributed by atoms with Crippen LogP contribution in [0.5, 0.6) is 5.75 Å². The van der Waals surface area contributed by atoms with Crippen molar-refractivity contribution in [1.29, 1.82) is 0 Å². The summed E-state index contributed by atoms with van der Waals surface area (Å²) in [7, 11) is 1.81. The van der Waals surface area contributed by atoms with Crippen LogP contribution >= 0.6 is 0 Å². The van der Waals surface area contributed by atoms with Crippen LogP contribution in [0, 0.1) is 6.92 Å². The van der Waals surface area contributed by atoms with Gasteiger partial charge < -0.3 is 10.1 Å². The van der Waals surface area contributed by atoms with Gasteiger partial charge in [-0.3, -0.25) is 15.0 Å². The maximum atomic E-state index is 11.6. The molecule has 0 saturated heterocycles. The fourth-order valence-corrected chi connectivity index (χ4v) is 1.73. The minimum absolute atomic E-state index is 0.150.